The molecule has 1 amide bonds. The van der Waals surface area contributed by atoms with E-state index < -0.39 is 10.2 Å². The third-order valence-corrected chi connectivity index (χ3v) is 3.14. The van der Waals surface area contributed by atoms with E-state index in [1.807, 2.05) is 0 Å². The number of nitrogens with two attached hydrogens (primary N) is 1. The number of carbonyl (C=O) groups excluding carboxylic acids is 1. The van der Waals surface area contributed by atoms with E-state index in [1.54, 1.807) is 32.2 Å². The molecule has 0 atom stereocenters. The second-order valence-electron chi connectivity index (χ2n) is 4.48. The van der Waals surface area contributed by atoms with Crippen LogP contribution >= 0.6 is 0 Å². The third-order valence-electron chi connectivity index (χ3n) is 2.62. The van der Waals surface area contributed by atoms with E-state index >= 15 is 0 Å². The van der Waals surface area contributed by atoms with E-state index in [-0.39, 0.29) is 11.6 Å². The van der Waals surface area contributed by atoms with Crippen molar-refractivity contribution in [3.05, 3.63) is 41.7 Å². The molecule has 1 heterocycles. The lowest BCUT2D eigenvalue weighted by molar-refractivity contribution is 0.101. The Bertz CT molecular complexity index is 782. The Labute approximate surface area is 122 Å². The number of rotatable bonds is 4. The van der Waals surface area contributed by atoms with Gasteiger partial charge >= 0.3 is 0 Å². The van der Waals surface area contributed by atoms with Crippen molar-refractivity contribution in [3.63, 3.8) is 0 Å². The molecular formula is C12H15N5O3S. The van der Waals surface area contributed by atoms with Crippen molar-refractivity contribution >= 4 is 27.5 Å². The molecule has 8 nitrogen and oxygen atoms in total. The fraction of sp³-hybridized carbons (Fsp3) is 0.167. The summed E-state index contributed by atoms with van der Waals surface area (Å²) in [6.45, 7) is 1.79. The Hall–Kier alpha value is -2.39. The van der Waals surface area contributed by atoms with Gasteiger partial charge in [-0.2, -0.15) is 13.5 Å². The van der Waals surface area contributed by atoms with Crippen LogP contribution in [0.1, 0.15) is 16.2 Å². The van der Waals surface area contributed by atoms with E-state index in [4.69, 9.17) is 5.14 Å². The van der Waals surface area contributed by atoms with Gasteiger partial charge in [-0.1, -0.05) is 6.07 Å². The molecule has 112 valence electrons. The number of hydrogen-bond donors (Lipinski definition) is 3. The minimum atomic E-state index is -3.85. The number of nitrogens with zero attached hydrogens (tertiary/aromatic N) is 2. The average Bonchev–Trinajstić information content (AvgIpc) is 2.66. The van der Waals surface area contributed by atoms with Crippen LogP contribution in [0, 0.1) is 6.92 Å². The molecule has 0 fully saturated rings. The van der Waals surface area contributed by atoms with Gasteiger partial charge in [0.15, 0.2) is 0 Å². The maximum absolute atomic E-state index is 12.1. The smallest absolute Gasteiger partial charge is 0.296 e. The van der Waals surface area contributed by atoms with Crippen LogP contribution in [0.15, 0.2) is 30.3 Å². The van der Waals surface area contributed by atoms with Crippen LogP contribution in [0.2, 0.25) is 0 Å². The molecule has 0 unspecified atom stereocenters. The van der Waals surface area contributed by atoms with Gasteiger partial charge in [-0.15, -0.1) is 0 Å². The minimum Gasteiger partial charge on any atom is -0.321 e. The molecule has 0 saturated heterocycles. The van der Waals surface area contributed by atoms with Crippen molar-refractivity contribution in [2.75, 3.05) is 10.0 Å². The molecule has 2 rings (SSSR count). The Balaban J connectivity index is 2.18. The van der Waals surface area contributed by atoms with E-state index in [9.17, 15) is 13.2 Å². The molecule has 0 aliphatic heterocycles. The summed E-state index contributed by atoms with van der Waals surface area (Å²) in [5, 5.41) is 11.6. The molecule has 21 heavy (non-hydrogen) atoms. The lowest BCUT2D eigenvalue weighted by Gasteiger charge is -2.08. The fourth-order valence-corrected chi connectivity index (χ4v) is 2.30. The van der Waals surface area contributed by atoms with Gasteiger partial charge < -0.3 is 5.32 Å². The quantitative estimate of drug-likeness (QED) is 0.766. The summed E-state index contributed by atoms with van der Waals surface area (Å²) in [5.74, 6) is -0.342. The predicted octanol–water partition coefficient (Wildman–Crippen LogP) is 0.596. The van der Waals surface area contributed by atoms with Gasteiger partial charge in [-0.05, 0) is 31.2 Å². The largest absolute Gasteiger partial charge is 0.321 e. The van der Waals surface area contributed by atoms with Crippen LogP contribution in [0.3, 0.4) is 0 Å². The molecular weight excluding hydrogens is 294 g/mol. The molecule has 2 aromatic rings. The number of amides is 1. The van der Waals surface area contributed by atoms with Gasteiger partial charge in [0.25, 0.3) is 16.1 Å². The van der Waals surface area contributed by atoms with Gasteiger partial charge in [-0.3, -0.25) is 14.2 Å². The summed E-state index contributed by atoms with van der Waals surface area (Å²) in [6.07, 6.45) is 0. The van der Waals surface area contributed by atoms with Gasteiger partial charge in [0.05, 0.1) is 11.4 Å². The highest BCUT2D eigenvalue weighted by Crippen LogP contribution is 2.16. The topological polar surface area (TPSA) is 119 Å². The molecule has 0 aliphatic rings. The zero-order chi connectivity index (χ0) is 15.6. The molecule has 0 spiro atoms. The van der Waals surface area contributed by atoms with Gasteiger partial charge in [0.2, 0.25) is 0 Å². The zero-order valence-electron chi connectivity index (χ0n) is 11.5. The molecule has 1 aromatic carbocycles. The number of benzene rings is 1. The van der Waals surface area contributed by atoms with E-state index in [1.165, 1.54) is 16.8 Å². The Kier molecular flexibility index (Phi) is 3.96. The van der Waals surface area contributed by atoms with E-state index in [0.29, 0.717) is 11.4 Å². The van der Waals surface area contributed by atoms with Crippen molar-refractivity contribution in [1.29, 1.82) is 0 Å². The summed E-state index contributed by atoms with van der Waals surface area (Å²) >= 11 is 0. The molecule has 0 bridgehead atoms. The summed E-state index contributed by atoms with van der Waals surface area (Å²) in [5.41, 5.74) is 1.83. The van der Waals surface area contributed by atoms with Crippen LogP contribution in [-0.4, -0.2) is 24.1 Å². The summed E-state index contributed by atoms with van der Waals surface area (Å²) in [7, 11) is -2.19. The third kappa shape index (κ3) is 4.04. The number of carbonyl (C=O) groups is 1. The molecule has 0 radical (unpaired) electrons. The lowest BCUT2D eigenvalue weighted by atomic mass is 10.2. The lowest BCUT2D eigenvalue weighted by Crippen LogP contribution is -2.22. The highest BCUT2D eigenvalue weighted by molar-refractivity contribution is 7.90. The Morgan fingerprint density at radius 1 is 1.29 bits per heavy atom. The highest BCUT2D eigenvalue weighted by Gasteiger charge is 2.12. The number of aromatic nitrogens is 2. The minimum absolute atomic E-state index is 0.261. The van der Waals surface area contributed by atoms with E-state index in [2.05, 4.69) is 15.1 Å². The monoisotopic (exact) mass is 309 g/mol. The zero-order valence-corrected chi connectivity index (χ0v) is 12.3. The number of aryl methyl sites for hydroxylation is 2. The van der Waals surface area contributed by atoms with Crippen molar-refractivity contribution < 1.29 is 13.2 Å². The van der Waals surface area contributed by atoms with Crippen molar-refractivity contribution in [1.82, 2.24) is 9.78 Å². The average molecular weight is 309 g/mol. The van der Waals surface area contributed by atoms with Crippen LogP contribution < -0.4 is 15.2 Å². The maximum atomic E-state index is 12.1. The second-order valence-corrected chi connectivity index (χ2v) is 5.77. The molecule has 4 N–H and O–H groups in total. The molecule has 1 aromatic heterocycles. The number of hydrogen-bond acceptors (Lipinski definition) is 4. The first kappa shape index (κ1) is 15.0. The Morgan fingerprint density at radius 3 is 2.52 bits per heavy atom. The van der Waals surface area contributed by atoms with Crippen LogP contribution in [-0.2, 0) is 17.3 Å². The van der Waals surface area contributed by atoms with Crippen molar-refractivity contribution in [2.45, 2.75) is 6.92 Å². The standard InChI is InChI=1S/C12H15N5O3S/c1-8-6-11(17(2)15-8)12(18)14-9-4-3-5-10(7-9)16-21(13,19)20/h3-7,16H,1-2H3,(H,14,18)(H2,13,19,20). The van der Waals surface area contributed by atoms with Gasteiger partial charge in [0, 0.05) is 12.7 Å². The SMILES string of the molecule is Cc1cc(C(=O)Nc2cccc(NS(N)(=O)=O)c2)n(C)n1. The molecule has 0 saturated carbocycles. The van der Waals surface area contributed by atoms with Crippen molar-refractivity contribution in [2.24, 2.45) is 12.2 Å². The van der Waals surface area contributed by atoms with Gasteiger partial charge in [-0.25, -0.2) is 5.14 Å². The summed E-state index contributed by atoms with van der Waals surface area (Å²) in [4.78, 5) is 12.1. The van der Waals surface area contributed by atoms with Crippen LogP contribution in [0.25, 0.3) is 0 Å². The number of nitrogens with one attached hydrogen (secondary N) is 2. The predicted molar refractivity (Wildman–Crippen MR) is 79.1 cm³/mol. The first-order valence-corrected chi connectivity index (χ1v) is 7.52. The first-order valence-electron chi connectivity index (χ1n) is 5.97. The fourth-order valence-electron chi connectivity index (χ4n) is 1.84. The first-order chi connectivity index (χ1) is 9.74. The maximum Gasteiger partial charge on any atom is 0.296 e. The summed E-state index contributed by atoms with van der Waals surface area (Å²) < 4.78 is 25.5. The van der Waals surface area contributed by atoms with E-state index in [0.717, 1.165) is 5.69 Å². The second kappa shape index (κ2) is 5.54. The van der Waals surface area contributed by atoms with Crippen LogP contribution in [0.4, 0.5) is 11.4 Å². The normalized spacial score (nSPS) is 11.2. The number of anilines is 2. The molecule has 0 aliphatic carbocycles. The highest BCUT2D eigenvalue weighted by atomic mass is 32.2. The Morgan fingerprint density at radius 2 is 1.95 bits per heavy atom. The summed E-state index contributed by atoms with van der Waals surface area (Å²) in [6, 6.07) is 7.87. The molecule has 9 heteroatoms. The van der Waals surface area contributed by atoms with Gasteiger partial charge in [0.1, 0.15) is 5.69 Å². The van der Waals surface area contributed by atoms with Crippen molar-refractivity contribution in [3.8, 4) is 0 Å². The van der Waals surface area contributed by atoms with Crippen LogP contribution in [0.5, 0.6) is 0 Å².